The van der Waals surface area contributed by atoms with E-state index in [1.165, 1.54) is 21.0 Å². The third-order valence-electron chi connectivity index (χ3n) is 12.6. The Morgan fingerprint density at radius 2 is 1.57 bits per heavy atom. The van der Waals surface area contributed by atoms with Gasteiger partial charge in [-0.25, -0.2) is 0 Å². The Balaban J connectivity index is 1.86. The van der Waals surface area contributed by atoms with Crippen LogP contribution in [0.3, 0.4) is 0 Å². The van der Waals surface area contributed by atoms with Gasteiger partial charge in [0.05, 0.1) is 42.0 Å². The largest absolute Gasteiger partial charge is 0.489 e. The molecule has 4 heterocycles. The van der Waals surface area contributed by atoms with Crippen molar-refractivity contribution in [2.45, 2.75) is 199 Å². The summed E-state index contributed by atoms with van der Waals surface area (Å²) >= 11 is 0. The van der Waals surface area contributed by atoms with Gasteiger partial charge < -0.3 is 58.7 Å². The predicted molar refractivity (Wildman–Crippen MR) is 194 cm³/mol. The van der Waals surface area contributed by atoms with Gasteiger partial charge in [-0.3, -0.25) is 9.69 Å². The fourth-order valence-electron chi connectivity index (χ4n) is 9.05. The number of rotatable bonds is 8. The second-order valence-electron chi connectivity index (χ2n) is 17.4. The molecule has 0 aromatic heterocycles. The van der Waals surface area contributed by atoms with Gasteiger partial charge in [-0.2, -0.15) is 0 Å². The third kappa shape index (κ3) is 8.78. The summed E-state index contributed by atoms with van der Waals surface area (Å²) in [6.45, 7) is 21.2. The molecule has 3 fully saturated rings. The first-order valence-corrected chi connectivity index (χ1v) is 19.3. The first-order valence-electron chi connectivity index (χ1n) is 19.3. The summed E-state index contributed by atoms with van der Waals surface area (Å²) in [5.41, 5.74) is -3.45. The fourth-order valence-corrected chi connectivity index (χ4v) is 9.05. The van der Waals surface area contributed by atoms with Gasteiger partial charge in [0.1, 0.15) is 35.3 Å². The maximum absolute atomic E-state index is 14.2. The smallest absolute Gasteiger partial charge is 0.311 e. The molecule has 3 saturated heterocycles. The van der Waals surface area contributed by atoms with E-state index < -0.39 is 102 Å². The van der Waals surface area contributed by atoms with Gasteiger partial charge in [-0.15, -0.1) is 0 Å². The Labute approximate surface area is 316 Å². The number of carbonyl (C=O) groups is 1. The van der Waals surface area contributed by atoms with Crippen molar-refractivity contribution >= 4 is 5.97 Å². The molecule has 0 aromatic carbocycles. The highest BCUT2D eigenvalue weighted by Gasteiger charge is 2.57. The molecule has 4 aliphatic rings. The van der Waals surface area contributed by atoms with E-state index in [2.05, 4.69) is 18.7 Å². The van der Waals surface area contributed by atoms with Gasteiger partial charge in [0.25, 0.3) is 0 Å². The molecule has 2 bridgehead atoms. The minimum atomic E-state index is -2.10. The lowest BCUT2D eigenvalue weighted by atomic mass is 9.78. The quantitative estimate of drug-likeness (QED) is 0.228. The number of fused-ring (bicyclic) bond motifs is 2. The van der Waals surface area contributed by atoms with Crippen molar-refractivity contribution in [3.8, 4) is 0 Å². The Hall–Kier alpha value is -1.43. The molecule has 5 N–H and O–H groups in total. The Bertz CT molecular complexity index is 1290. The van der Waals surface area contributed by atoms with Crippen LogP contribution in [-0.2, 0) is 38.0 Å². The highest BCUT2D eigenvalue weighted by Crippen LogP contribution is 2.47. The molecular weight excluding hydrogens is 690 g/mol. The highest BCUT2D eigenvalue weighted by molar-refractivity contribution is 5.73. The zero-order valence-corrected chi connectivity index (χ0v) is 34.3. The third-order valence-corrected chi connectivity index (χ3v) is 12.6. The molecule has 308 valence electrons. The lowest BCUT2D eigenvalue weighted by Crippen LogP contribution is -2.61. The maximum Gasteiger partial charge on any atom is 0.311 e. The number of esters is 1. The van der Waals surface area contributed by atoms with Gasteiger partial charge in [-0.1, -0.05) is 13.8 Å². The number of likely N-dealkylation sites (N-methyl/N-ethyl adjacent to an activating group) is 1. The first kappa shape index (κ1) is 44.3. The van der Waals surface area contributed by atoms with Crippen LogP contribution in [0, 0.1) is 17.8 Å². The molecular formula is C39H69NO13. The van der Waals surface area contributed by atoms with Crippen LogP contribution >= 0.6 is 0 Å². The van der Waals surface area contributed by atoms with Gasteiger partial charge in [0.15, 0.2) is 18.7 Å². The molecule has 0 aliphatic carbocycles. The van der Waals surface area contributed by atoms with Crippen molar-refractivity contribution in [1.29, 1.82) is 0 Å². The van der Waals surface area contributed by atoms with Crippen LogP contribution in [0.15, 0.2) is 11.3 Å². The van der Waals surface area contributed by atoms with Crippen LogP contribution in [0.25, 0.3) is 0 Å². The van der Waals surface area contributed by atoms with E-state index in [4.69, 9.17) is 33.2 Å². The zero-order valence-electron chi connectivity index (χ0n) is 34.3. The molecule has 14 nitrogen and oxygen atoms in total. The molecule has 0 amide bonds. The molecule has 4 rings (SSSR count). The van der Waals surface area contributed by atoms with Gasteiger partial charge in [0, 0.05) is 43.9 Å². The van der Waals surface area contributed by atoms with Crippen LogP contribution in [0.1, 0.15) is 102 Å². The average Bonchev–Trinajstić information content (AvgIpc) is 3.40. The van der Waals surface area contributed by atoms with E-state index >= 15 is 0 Å². The molecule has 0 spiro atoms. The molecule has 0 unspecified atom stereocenters. The minimum Gasteiger partial charge on any atom is -0.489 e. The van der Waals surface area contributed by atoms with Crippen LogP contribution in [-0.4, -0.2) is 147 Å². The van der Waals surface area contributed by atoms with Crippen molar-refractivity contribution < 1.29 is 63.5 Å². The number of aliphatic hydroxyl groups excluding tert-OH is 4. The molecule has 4 aliphatic heterocycles. The normalized spacial score (nSPS) is 48.1. The van der Waals surface area contributed by atoms with E-state index in [-0.39, 0.29) is 24.6 Å². The second-order valence-corrected chi connectivity index (χ2v) is 17.4. The molecule has 0 saturated carbocycles. The van der Waals surface area contributed by atoms with Crippen LogP contribution in [0.5, 0.6) is 0 Å². The lowest BCUT2D eigenvalue weighted by Gasteiger charge is -2.49. The van der Waals surface area contributed by atoms with Gasteiger partial charge in [0.2, 0.25) is 0 Å². The Morgan fingerprint density at radius 1 is 0.943 bits per heavy atom. The van der Waals surface area contributed by atoms with E-state index in [0.29, 0.717) is 18.6 Å². The van der Waals surface area contributed by atoms with Gasteiger partial charge >= 0.3 is 5.97 Å². The van der Waals surface area contributed by atoms with E-state index in [9.17, 15) is 30.3 Å². The number of hydrogen-bond donors (Lipinski definition) is 5. The monoisotopic (exact) mass is 759 g/mol. The van der Waals surface area contributed by atoms with Crippen molar-refractivity contribution in [3.63, 3.8) is 0 Å². The second kappa shape index (κ2) is 16.6. The van der Waals surface area contributed by atoms with Crippen molar-refractivity contribution in [2.75, 3.05) is 14.2 Å². The number of cyclic esters (lactones) is 1. The van der Waals surface area contributed by atoms with Crippen molar-refractivity contribution in [2.24, 2.45) is 17.8 Å². The number of nitrogens with zero attached hydrogens (tertiary/aromatic N) is 1. The zero-order chi connectivity index (χ0) is 40.1. The minimum absolute atomic E-state index is 0.129. The van der Waals surface area contributed by atoms with Crippen LogP contribution in [0.4, 0.5) is 0 Å². The number of methoxy groups -OCH3 is 1. The SMILES string of the molecule is CO[C@]1(C)C[C@H](O[C@H]2[C@H](C)[C@@H](O[C@@H]3O[C@H](C)C[C@H](N(C)C(C)C)[C@H]3O)[C@@]3(C)CC(C)=C(O3)[C@H](C)[C@@H](O)[C@](C)(O)[C@@H]([C@@H](C)O)OC(=O)[C@@H]2C)O[C@@H](C)[C@@H]1O. The Kier molecular flexibility index (Phi) is 13.9. The number of aliphatic hydroxyl groups is 5. The van der Waals surface area contributed by atoms with Crippen molar-refractivity contribution in [1.82, 2.24) is 4.90 Å². The number of hydrogen-bond acceptors (Lipinski definition) is 14. The van der Waals surface area contributed by atoms with E-state index in [0.717, 1.165) is 5.57 Å². The van der Waals surface area contributed by atoms with Crippen LogP contribution < -0.4 is 0 Å². The topological polar surface area (TPSA) is 186 Å². The summed E-state index contributed by atoms with van der Waals surface area (Å²) in [7, 11) is 3.47. The maximum atomic E-state index is 14.2. The standard InChI is InChI=1S/C39H69NO13/c1-18(2)40(13)26-15-20(4)48-36(28(26)42)52-33-22(6)30(50-27-17-37(10,47-14)32(44)25(9)49-27)23(7)35(45)51-34(24(8)41)39(12,46)31(43)21(5)29-19(3)16-38(33,11)53-29/h18,20-28,30-34,36,41-44,46H,15-17H2,1-14H3/t20-,21+,22+,23-,24-,25+,26+,27+,28-,30+,31-,32+,33-,34-,36+,37-,38-,39+/m1/s1. The molecule has 0 aromatic rings. The van der Waals surface area contributed by atoms with Gasteiger partial charge in [-0.05, 0) is 88.3 Å². The summed E-state index contributed by atoms with van der Waals surface area (Å²) in [5, 5.41) is 57.1. The molecule has 53 heavy (non-hydrogen) atoms. The first-order chi connectivity index (χ1) is 24.4. The highest BCUT2D eigenvalue weighted by atomic mass is 16.7. The summed E-state index contributed by atoms with van der Waals surface area (Å²) in [5.74, 6) is -2.89. The lowest BCUT2D eigenvalue weighted by molar-refractivity contribution is -0.317. The fraction of sp³-hybridized carbons (Fsp3) is 0.923. The van der Waals surface area contributed by atoms with E-state index in [1.54, 1.807) is 27.7 Å². The summed E-state index contributed by atoms with van der Waals surface area (Å²) in [6, 6.07) is -0.128. The molecule has 14 heteroatoms. The van der Waals surface area contributed by atoms with Crippen molar-refractivity contribution in [3.05, 3.63) is 11.3 Å². The number of carbonyl (C=O) groups excluding carboxylic acids is 1. The van der Waals surface area contributed by atoms with Crippen LogP contribution in [0.2, 0.25) is 0 Å². The summed E-state index contributed by atoms with van der Waals surface area (Å²) in [6.07, 6.45) is -10.2. The predicted octanol–water partition coefficient (Wildman–Crippen LogP) is 2.64. The summed E-state index contributed by atoms with van der Waals surface area (Å²) < 4.78 is 44.6. The van der Waals surface area contributed by atoms with E-state index in [1.807, 2.05) is 34.7 Å². The number of ether oxygens (including phenoxy) is 7. The molecule has 18 atom stereocenters. The molecule has 0 radical (unpaired) electrons. The summed E-state index contributed by atoms with van der Waals surface area (Å²) in [4.78, 5) is 16.3. The average molecular weight is 760 g/mol. The Morgan fingerprint density at radius 3 is 2.13 bits per heavy atom.